The van der Waals surface area contributed by atoms with Gasteiger partial charge in [0.25, 0.3) is 5.91 Å². The number of carbonyl (C=O) groups excluding carboxylic acids is 1. The molecule has 60 valence electrons. The molecule has 3 nitrogen and oxygen atoms in total. The third-order valence-electron chi connectivity index (χ3n) is 1.14. The molecule has 2 N–H and O–H groups in total. The molecule has 4 heteroatoms. The first-order valence-electron chi connectivity index (χ1n) is 2.84. The SMILES string of the molecule is Br.O=C(NO)c1ccccc1. The summed E-state index contributed by atoms with van der Waals surface area (Å²) in [5.74, 6) is -0.486. The van der Waals surface area contributed by atoms with E-state index in [2.05, 4.69) is 0 Å². The number of nitrogens with one attached hydrogen (secondary N) is 1. The Labute approximate surface area is 74.8 Å². The van der Waals surface area contributed by atoms with Gasteiger partial charge in [-0.15, -0.1) is 17.0 Å². The van der Waals surface area contributed by atoms with Crippen LogP contribution in [0.3, 0.4) is 0 Å². The maximum absolute atomic E-state index is 10.7. The van der Waals surface area contributed by atoms with E-state index in [0.29, 0.717) is 5.56 Å². The molecule has 0 aliphatic heterocycles. The molecule has 0 fully saturated rings. The Hall–Kier alpha value is -0.870. The van der Waals surface area contributed by atoms with Crippen LogP contribution < -0.4 is 5.48 Å². The Bertz CT molecular complexity index is 225. The molecule has 11 heavy (non-hydrogen) atoms. The first-order valence-corrected chi connectivity index (χ1v) is 2.84. The smallest absolute Gasteiger partial charge is 0.274 e. The molecule has 0 heterocycles. The van der Waals surface area contributed by atoms with E-state index in [4.69, 9.17) is 5.21 Å². The first-order chi connectivity index (χ1) is 4.84. The van der Waals surface area contributed by atoms with Crippen molar-refractivity contribution >= 4 is 22.9 Å². The fourth-order valence-electron chi connectivity index (χ4n) is 0.654. The van der Waals surface area contributed by atoms with Crippen LogP contribution >= 0.6 is 17.0 Å². The average molecular weight is 218 g/mol. The lowest BCUT2D eigenvalue weighted by Crippen LogP contribution is -2.18. The predicted octanol–water partition coefficient (Wildman–Crippen LogP) is 1.38. The molecule has 0 atom stereocenters. The fraction of sp³-hybridized carbons (Fsp3) is 0. The predicted molar refractivity (Wildman–Crippen MR) is 46.0 cm³/mol. The van der Waals surface area contributed by atoms with Gasteiger partial charge in [0.05, 0.1) is 0 Å². The molecule has 0 spiro atoms. The summed E-state index contributed by atoms with van der Waals surface area (Å²) in [6.07, 6.45) is 0. The standard InChI is InChI=1S/C7H7NO2.BrH/c9-7(8-10)6-4-2-1-3-5-6;/h1-5,10H,(H,8,9);1H. The van der Waals surface area contributed by atoms with Crippen LogP contribution in [0.25, 0.3) is 0 Å². The summed E-state index contributed by atoms with van der Waals surface area (Å²) >= 11 is 0. The molecule has 0 unspecified atom stereocenters. The zero-order valence-corrected chi connectivity index (χ0v) is 7.36. The summed E-state index contributed by atoms with van der Waals surface area (Å²) in [5, 5.41) is 8.19. The van der Waals surface area contributed by atoms with E-state index in [0.717, 1.165) is 0 Å². The van der Waals surface area contributed by atoms with Crippen molar-refractivity contribution in [3.8, 4) is 0 Å². The van der Waals surface area contributed by atoms with Crippen LogP contribution in [0.15, 0.2) is 30.3 Å². The number of carbonyl (C=O) groups is 1. The van der Waals surface area contributed by atoms with Crippen LogP contribution in [-0.2, 0) is 0 Å². The molecule has 0 radical (unpaired) electrons. The third kappa shape index (κ3) is 2.69. The van der Waals surface area contributed by atoms with Crippen molar-refractivity contribution in [2.75, 3.05) is 0 Å². The van der Waals surface area contributed by atoms with Gasteiger partial charge in [0, 0.05) is 5.56 Å². The van der Waals surface area contributed by atoms with E-state index in [1.807, 2.05) is 0 Å². The van der Waals surface area contributed by atoms with Crippen LogP contribution in [0.2, 0.25) is 0 Å². The minimum Gasteiger partial charge on any atom is -0.288 e. The van der Waals surface area contributed by atoms with Gasteiger partial charge in [-0.05, 0) is 12.1 Å². The van der Waals surface area contributed by atoms with Crippen LogP contribution in [0.5, 0.6) is 0 Å². The van der Waals surface area contributed by atoms with Crippen molar-refractivity contribution in [1.29, 1.82) is 0 Å². The Balaban J connectivity index is 0.000001000. The average Bonchev–Trinajstić information content (AvgIpc) is 2.05. The van der Waals surface area contributed by atoms with Crippen LogP contribution in [0, 0.1) is 0 Å². The van der Waals surface area contributed by atoms with Crippen LogP contribution in [-0.4, -0.2) is 11.1 Å². The lowest BCUT2D eigenvalue weighted by atomic mass is 10.2. The normalized spacial score (nSPS) is 8.09. The van der Waals surface area contributed by atoms with E-state index in [1.54, 1.807) is 35.8 Å². The van der Waals surface area contributed by atoms with Crippen molar-refractivity contribution in [2.45, 2.75) is 0 Å². The lowest BCUT2D eigenvalue weighted by molar-refractivity contribution is 0.0706. The van der Waals surface area contributed by atoms with Gasteiger partial charge in [0.2, 0.25) is 0 Å². The molecule has 1 aromatic rings. The second-order valence-electron chi connectivity index (χ2n) is 1.81. The van der Waals surface area contributed by atoms with E-state index >= 15 is 0 Å². The molecule has 1 aromatic carbocycles. The Morgan fingerprint density at radius 2 is 1.82 bits per heavy atom. The minimum absolute atomic E-state index is 0. The second-order valence-corrected chi connectivity index (χ2v) is 1.81. The first kappa shape index (κ1) is 10.1. The number of halogens is 1. The van der Waals surface area contributed by atoms with Gasteiger partial charge in [-0.2, -0.15) is 0 Å². The van der Waals surface area contributed by atoms with Crippen LogP contribution in [0.1, 0.15) is 10.4 Å². The zero-order valence-electron chi connectivity index (χ0n) is 5.65. The van der Waals surface area contributed by atoms with Crippen LogP contribution in [0.4, 0.5) is 0 Å². The van der Waals surface area contributed by atoms with Gasteiger partial charge in [0.15, 0.2) is 0 Å². The molecule has 0 saturated heterocycles. The summed E-state index contributed by atoms with van der Waals surface area (Å²) in [6, 6.07) is 8.49. The molecule has 0 aliphatic carbocycles. The van der Waals surface area contributed by atoms with E-state index < -0.39 is 5.91 Å². The molecule has 0 aliphatic rings. The Kier molecular flexibility index (Phi) is 4.49. The number of hydrogen-bond donors (Lipinski definition) is 2. The largest absolute Gasteiger partial charge is 0.288 e. The number of amides is 1. The monoisotopic (exact) mass is 217 g/mol. The summed E-state index contributed by atoms with van der Waals surface area (Å²) in [4.78, 5) is 10.7. The molecular formula is C7H8BrNO2. The van der Waals surface area contributed by atoms with Gasteiger partial charge in [-0.25, -0.2) is 5.48 Å². The quantitative estimate of drug-likeness (QED) is 0.552. The summed E-state index contributed by atoms with van der Waals surface area (Å²) in [7, 11) is 0. The van der Waals surface area contributed by atoms with E-state index in [1.165, 1.54) is 0 Å². The zero-order chi connectivity index (χ0) is 7.40. The van der Waals surface area contributed by atoms with Crippen molar-refractivity contribution in [2.24, 2.45) is 0 Å². The molecule has 0 aromatic heterocycles. The molecule has 1 amide bonds. The maximum Gasteiger partial charge on any atom is 0.274 e. The maximum atomic E-state index is 10.7. The van der Waals surface area contributed by atoms with Gasteiger partial charge in [0.1, 0.15) is 0 Å². The van der Waals surface area contributed by atoms with Crippen molar-refractivity contribution in [3.05, 3.63) is 35.9 Å². The summed E-state index contributed by atoms with van der Waals surface area (Å²) in [6.45, 7) is 0. The van der Waals surface area contributed by atoms with Gasteiger partial charge in [-0.3, -0.25) is 10.0 Å². The second kappa shape index (κ2) is 4.87. The molecule has 1 rings (SSSR count). The highest BCUT2D eigenvalue weighted by Gasteiger charge is 1.99. The molecular weight excluding hydrogens is 210 g/mol. The van der Waals surface area contributed by atoms with Gasteiger partial charge >= 0.3 is 0 Å². The highest BCUT2D eigenvalue weighted by Crippen LogP contribution is 1.96. The molecule has 0 saturated carbocycles. The number of benzene rings is 1. The summed E-state index contributed by atoms with van der Waals surface area (Å²) < 4.78 is 0. The van der Waals surface area contributed by atoms with Crippen molar-refractivity contribution < 1.29 is 10.0 Å². The highest BCUT2D eigenvalue weighted by atomic mass is 79.9. The lowest BCUT2D eigenvalue weighted by Gasteiger charge is -1.94. The number of hydroxylamine groups is 1. The summed E-state index contributed by atoms with van der Waals surface area (Å²) in [5.41, 5.74) is 1.99. The number of rotatable bonds is 1. The van der Waals surface area contributed by atoms with Gasteiger partial charge < -0.3 is 0 Å². The number of hydrogen-bond acceptors (Lipinski definition) is 2. The topological polar surface area (TPSA) is 49.3 Å². The Morgan fingerprint density at radius 3 is 2.27 bits per heavy atom. The molecule has 0 bridgehead atoms. The third-order valence-corrected chi connectivity index (χ3v) is 1.14. The highest BCUT2D eigenvalue weighted by molar-refractivity contribution is 8.93. The van der Waals surface area contributed by atoms with E-state index in [9.17, 15) is 4.79 Å². The van der Waals surface area contributed by atoms with Crippen molar-refractivity contribution in [1.82, 2.24) is 5.48 Å². The van der Waals surface area contributed by atoms with Gasteiger partial charge in [-0.1, -0.05) is 18.2 Å². The van der Waals surface area contributed by atoms with E-state index in [-0.39, 0.29) is 17.0 Å². The van der Waals surface area contributed by atoms with Crippen molar-refractivity contribution in [3.63, 3.8) is 0 Å². The fourth-order valence-corrected chi connectivity index (χ4v) is 0.654. The minimum atomic E-state index is -0.486. The Morgan fingerprint density at radius 1 is 1.27 bits per heavy atom.